The molecule has 0 aliphatic rings. The first kappa shape index (κ1) is 15.7. The van der Waals surface area contributed by atoms with Gasteiger partial charge in [-0.25, -0.2) is 4.39 Å². The van der Waals surface area contributed by atoms with E-state index >= 15 is 0 Å². The Morgan fingerprint density at radius 2 is 2.12 bits per heavy atom. The molecule has 0 saturated carbocycles. The molecule has 0 aromatic heterocycles. The first-order chi connectivity index (χ1) is 7.60. The van der Waals surface area contributed by atoms with Crippen molar-refractivity contribution in [2.75, 3.05) is 14.2 Å². The van der Waals surface area contributed by atoms with E-state index in [2.05, 4.69) is 4.74 Å². The molecule has 0 amide bonds. The molecule has 1 aromatic rings. The van der Waals surface area contributed by atoms with E-state index in [9.17, 15) is 9.18 Å². The summed E-state index contributed by atoms with van der Waals surface area (Å²) in [6, 6.07) is 3.77. The topological polar surface area (TPSA) is 61.5 Å². The molecule has 0 fully saturated rings. The lowest BCUT2D eigenvalue weighted by Crippen LogP contribution is -2.17. The summed E-state index contributed by atoms with van der Waals surface area (Å²) in [6.07, 6.45) is -0.0175. The quantitative estimate of drug-likeness (QED) is 0.842. The summed E-state index contributed by atoms with van der Waals surface area (Å²) in [5, 5.41) is 0. The van der Waals surface area contributed by atoms with Gasteiger partial charge < -0.3 is 15.2 Å². The number of methoxy groups -OCH3 is 2. The minimum absolute atomic E-state index is 0. The molecule has 0 aliphatic carbocycles. The van der Waals surface area contributed by atoms with Gasteiger partial charge in [0, 0.05) is 11.6 Å². The van der Waals surface area contributed by atoms with Gasteiger partial charge in [0.15, 0.2) is 11.6 Å². The monoisotopic (exact) mass is 263 g/mol. The summed E-state index contributed by atoms with van der Waals surface area (Å²) in [4.78, 5) is 11.0. The van der Waals surface area contributed by atoms with Gasteiger partial charge in [0.2, 0.25) is 0 Å². The Hall–Kier alpha value is -1.33. The minimum Gasteiger partial charge on any atom is -0.493 e. The van der Waals surface area contributed by atoms with Crippen molar-refractivity contribution in [3.8, 4) is 5.75 Å². The van der Waals surface area contributed by atoms with Crippen LogP contribution in [0.25, 0.3) is 0 Å². The molecule has 1 rings (SSSR count). The summed E-state index contributed by atoms with van der Waals surface area (Å²) in [6.45, 7) is 0. The SMILES string of the molecule is COC(=O)C[C@H](N)c1cccc(F)c1OC.Cl. The van der Waals surface area contributed by atoms with E-state index in [0.717, 1.165) is 0 Å². The van der Waals surface area contributed by atoms with E-state index in [1.807, 2.05) is 0 Å². The van der Waals surface area contributed by atoms with Gasteiger partial charge >= 0.3 is 5.97 Å². The Morgan fingerprint density at radius 3 is 2.65 bits per heavy atom. The van der Waals surface area contributed by atoms with Crippen LogP contribution >= 0.6 is 12.4 Å². The maximum absolute atomic E-state index is 13.3. The third-order valence-corrected chi connectivity index (χ3v) is 2.22. The molecule has 0 aliphatic heterocycles. The normalized spacial score (nSPS) is 11.3. The Morgan fingerprint density at radius 1 is 1.47 bits per heavy atom. The maximum atomic E-state index is 13.3. The standard InChI is InChI=1S/C11H14FNO3.ClH/c1-15-10(14)6-9(13)7-4-3-5-8(12)11(7)16-2;/h3-5,9H,6,13H2,1-2H3;1H/t9-;/m0./s1. The third kappa shape index (κ3) is 3.87. The number of ether oxygens (including phenoxy) is 2. The van der Waals surface area contributed by atoms with E-state index in [1.54, 1.807) is 6.07 Å². The average molecular weight is 264 g/mol. The van der Waals surface area contributed by atoms with Crippen LogP contribution in [-0.2, 0) is 9.53 Å². The molecule has 0 spiro atoms. The Labute approximate surface area is 105 Å². The van der Waals surface area contributed by atoms with Crippen LogP contribution in [0, 0.1) is 5.82 Å². The number of nitrogens with two attached hydrogens (primary N) is 1. The average Bonchev–Trinajstić information content (AvgIpc) is 2.28. The third-order valence-electron chi connectivity index (χ3n) is 2.22. The summed E-state index contributed by atoms with van der Waals surface area (Å²) in [5.74, 6) is -0.877. The van der Waals surface area contributed by atoms with Crippen molar-refractivity contribution >= 4 is 18.4 Å². The smallest absolute Gasteiger partial charge is 0.307 e. The van der Waals surface area contributed by atoms with Crippen molar-refractivity contribution in [1.29, 1.82) is 0 Å². The highest BCUT2D eigenvalue weighted by atomic mass is 35.5. The molecule has 17 heavy (non-hydrogen) atoms. The molecular formula is C11H15ClFNO3. The first-order valence-electron chi connectivity index (χ1n) is 4.75. The second-order valence-electron chi connectivity index (χ2n) is 3.25. The van der Waals surface area contributed by atoms with Crippen molar-refractivity contribution < 1.29 is 18.7 Å². The highest BCUT2D eigenvalue weighted by Crippen LogP contribution is 2.28. The fourth-order valence-corrected chi connectivity index (χ4v) is 1.41. The van der Waals surface area contributed by atoms with Gasteiger partial charge in [0.25, 0.3) is 0 Å². The second kappa shape index (κ2) is 7.09. The van der Waals surface area contributed by atoms with Gasteiger partial charge in [-0.3, -0.25) is 4.79 Å². The Kier molecular flexibility index (Phi) is 6.53. The molecule has 0 unspecified atom stereocenters. The van der Waals surface area contributed by atoms with Crippen LogP contribution in [0.2, 0.25) is 0 Å². The van der Waals surface area contributed by atoms with Gasteiger partial charge in [-0.05, 0) is 6.07 Å². The van der Waals surface area contributed by atoms with E-state index in [-0.39, 0.29) is 24.6 Å². The van der Waals surface area contributed by atoms with Crippen molar-refractivity contribution in [2.45, 2.75) is 12.5 Å². The molecular weight excluding hydrogens is 249 g/mol. The molecule has 2 N–H and O–H groups in total. The highest BCUT2D eigenvalue weighted by molar-refractivity contribution is 5.85. The number of rotatable bonds is 4. The van der Waals surface area contributed by atoms with Crippen LogP contribution < -0.4 is 10.5 Å². The molecule has 0 bridgehead atoms. The van der Waals surface area contributed by atoms with E-state index in [0.29, 0.717) is 5.56 Å². The number of halogens is 2. The fourth-order valence-electron chi connectivity index (χ4n) is 1.41. The van der Waals surface area contributed by atoms with Crippen LogP contribution in [0.15, 0.2) is 18.2 Å². The van der Waals surface area contributed by atoms with Crippen LogP contribution in [0.1, 0.15) is 18.0 Å². The van der Waals surface area contributed by atoms with Crippen LogP contribution in [0.3, 0.4) is 0 Å². The molecule has 6 heteroatoms. The van der Waals surface area contributed by atoms with Crippen molar-refractivity contribution in [1.82, 2.24) is 0 Å². The predicted octanol–water partition coefficient (Wildman–Crippen LogP) is 1.82. The summed E-state index contributed by atoms with van der Waals surface area (Å²) in [5.41, 5.74) is 6.22. The van der Waals surface area contributed by atoms with Gasteiger partial charge in [-0.1, -0.05) is 12.1 Å². The lowest BCUT2D eigenvalue weighted by atomic mass is 10.0. The molecule has 0 saturated heterocycles. The summed E-state index contributed by atoms with van der Waals surface area (Å²) in [7, 11) is 2.63. The summed E-state index contributed by atoms with van der Waals surface area (Å²) < 4.78 is 22.7. The zero-order chi connectivity index (χ0) is 12.1. The molecule has 0 radical (unpaired) electrons. The van der Waals surface area contributed by atoms with Crippen LogP contribution in [0.5, 0.6) is 5.75 Å². The number of hydrogen-bond donors (Lipinski definition) is 1. The number of esters is 1. The first-order valence-corrected chi connectivity index (χ1v) is 4.75. The number of carbonyl (C=O) groups excluding carboxylic acids is 1. The molecule has 4 nitrogen and oxygen atoms in total. The van der Waals surface area contributed by atoms with E-state index < -0.39 is 17.8 Å². The van der Waals surface area contributed by atoms with Gasteiger partial charge in [0.05, 0.1) is 20.6 Å². The van der Waals surface area contributed by atoms with E-state index in [1.165, 1.54) is 26.4 Å². The zero-order valence-corrected chi connectivity index (χ0v) is 10.4. The van der Waals surface area contributed by atoms with Gasteiger partial charge in [-0.15, -0.1) is 12.4 Å². The van der Waals surface area contributed by atoms with Crippen molar-refractivity contribution in [3.63, 3.8) is 0 Å². The summed E-state index contributed by atoms with van der Waals surface area (Å²) >= 11 is 0. The molecule has 1 aromatic carbocycles. The number of hydrogen-bond acceptors (Lipinski definition) is 4. The van der Waals surface area contributed by atoms with Crippen LogP contribution in [0.4, 0.5) is 4.39 Å². The molecule has 1 atom stereocenters. The second-order valence-corrected chi connectivity index (χ2v) is 3.25. The fraction of sp³-hybridized carbons (Fsp3) is 0.364. The highest BCUT2D eigenvalue weighted by Gasteiger charge is 2.18. The lowest BCUT2D eigenvalue weighted by molar-refractivity contribution is -0.141. The van der Waals surface area contributed by atoms with Crippen LogP contribution in [-0.4, -0.2) is 20.2 Å². The van der Waals surface area contributed by atoms with Gasteiger partial charge in [-0.2, -0.15) is 0 Å². The molecule has 0 heterocycles. The van der Waals surface area contributed by atoms with Crippen molar-refractivity contribution in [3.05, 3.63) is 29.6 Å². The zero-order valence-electron chi connectivity index (χ0n) is 9.60. The van der Waals surface area contributed by atoms with Crippen molar-refractivity contribution in [2.24, 2.45) is 5.73 Å². The number of benzene rings is 1. The maximum Gasteiger partial charge on any atom is 0.307 e. The predicted molar refractivity (Wildman–Crippen MR) is 63.8 cm³/mol. The van der Waals surface area contributed by atoms with E-state index in [4.69, 9.17) is 10.5 Å². The lowest BCUT2D eigenvalue weighted by Gasteiger charge is -2.14. The Balaban J connectivity index is 0.00000256. The molecule has 96 valence electrons. The Bertz CT molecular complexity index is 387. The largest absolute Gasteiger partial charge is 0.493 e. The number of carbonyl (C=O) groups is 1. The van der Waals surface area contributed by atoms with Gasteiger partial charge in [0.1, 0.15) is 0 Å². The minimum atomic E-state index is -0.641. The number of para-hydroxylation sites is 1.